The van der Waals surface area contributed by atoms with E-state index in [1.807, 2.05) is 7.11 Å². The fraction of sp³-hybridized carbons (Fsp3) is 0.436. The molecule has 43 heavy (non-hydrogen) atoms. The van der Waals surface area contributed by atoms with Crippen LogP contribution in [0.5, 0.6) is 5.75 Å². The van der Waals surface area contributed by atoms with Crippen LogP contribution in [0.1, 0.15) is 69.4 Å². The maximum absolute atomic E-state index is 6.36. The third kappa shape index (κ3) is 6.69. The van der Waals surface area contributed by atoms with Gasteiger partial charge in [0.1, 0.15) is 0 Å². The normalized spacial score (nSPS) is 16.7. The molecule has 4 heteroatoms. The molecule has 1 atom stereocenters. The molecule has 3 aromatic rings. The summed E-state index contributed by atoms with van der Waals surface area (Å²) in [5.74, 6) is 1.06. The Morgan fingerprint density at radius 1 is 0.744 bits per heavy atom. The van der Waals surface area contributed by atoms with Crippen molar-refractivity contribution in [2.75, 3.05) is 45.1 Å². The predicted molar refractivity (Wildman–Crippen MR) is 184 cm³/mol. The Morgan fingerprint density at radius 3 is 1.65 bits per heavy atom. The number of rotatable bonds is 10. The van der Waals surface area contributed by atoms with E-state index >= 15 is 0 Å². The summed E-state index contributed by atoms with van der Waals surface area (Å²) in [7, 11) is 10.6. The van der Waals surface area contributed by atoms with Gasteiger partial charge < -0.3 is 0 Å². The van der Waals surface area contributed by atoms with Gasteiger partial charge in [0.15, 0.2) is 0 Å². The van der Waals surface area contributed by atoms with Crippen molar-refractivity contribution in [1.82, 2.24) is 0 Å². The molecule has 1 aliphatic rings. The molecule has 0 N–H and O–H groups in total. The molecule has 0 aliphatic heterocycles. The Labute approximate surface area is 273 Å². The zero-order chi connectivity index (χ0) is 31.7. The first-order valence-corrected chi connectivity index (χ1v) is 21.1. The Bertz CT molecular complexity index is 1450. The van der Waals surface area contributed by atoms with Gasteiger partial charge in [0.2, 0.25) is 0 Å². The van der Waals surface area contributed by atoms with E-state index in [2.05, 4.69) is 165 Å². The number of hydrogen-bond donors (Lipinski definition) is 0. The van der Waals surface area contributed by atoms with Gasteiger partial charge in [-0.15, -0.1) is 0 Å². The standard InChI is InChI=1S/C21H29O.2C9H12N.Y/c1-14-9-10-16(11-14)21(6,7)18-13-15(2)12-17(19(18)22-8)20(3,4)5;2*1-8-6-4-5-7-9(8)10(2)3;/h9-13H,1-8H3;2*4-7H,1H2,2-3H3;. The summed E-state index contributed by atoms with van der Waals surface area (Å²) in [5, 5.41) is 0. The number of methoxy groups -OCH3 is 1. The second kappa shape index (κ2) is 12.9. The molecule has 0 heterocycles. The van der Waals surface area contributed by atoms with E-state index in [0.717, 1.165) is 12.2 Å². The van der Waals surface area contributed by atoms with Crippen LogP contribution in [-0.2, 0) is 44.7 Å². The molecule has 0 saturated heterocycles. The van der Waals surface area contributed by atoms with Crippen molar-refractivity contribution < 1.29 is 32.2 Å². The summed E-state index contributed by atoms with van der Waals surface area (Å²) in [5.41, 5.74) is 10.7. The number of aryl methyl sites for hydroxylation is 1. The maximum atomic E-state index is 6.36. The molecule has 0 spiro atoms. The van der Waals surface area contributed by atoms with E-state index in [1.54, 1.807) is 0 Å². The monoisotopic (exact) mass is 654 g/mol. The minimum atomic E-state index is -2.75. The summed E-state index contributed by atoms with van der Waals surface area (Å²) in [6.45, 7) is 16.4. The number of ether oxygens (including phenoxy) is 1. The Balaban J connectivity index is 2.01. The van der Waals surface area contributed by atoms with Crippen LogP contribution < -0.4 is 14.5 Å². The number of anilines is 2. The molecule has 1 unspecified atom stereocenters. The number of allylic oxidation sites excluding steroid dienone is 4. The van der Waals surface area contributed by atoms with Gasteiger partial charge in [0.25, 0.3) is 0 Å². The van der Waals surface area contributed by atoms with Gasteiger partial charge in [0, 0.05) is 0 Å². The van der Waals surface area contributed by atoms with Crippen LogP contribution in [0.25, 0.3) is 0 Å². The molecule has 0 bridgehead atoms. The van der Waals surface area contributed by atoms with Gasteiger partial charge in [0.05, 0.1) is 0 Å². The molecule has 228 valence electrons. The molecular formula is C39H53N2OY. The van der Waals surface area contributed by atoms with E-state index in [9.17, 15) is 0 Å². The van der Waals surface area contributed by atoms with Crippen molar-refractivity contribution in [3.63, 3.8) is 0 Å². The van der Waals surface area contributed by atoms with Gasteiger partial charge in [-0.1, -0.05) is 0 Å². The Kier molecular flexibility index (Phi) is 10.1. The van der Waals surface area contributed by atoms with Crippen molar-refractivity contribution in [3.8, 4) is 5.75 Å². The first kappa shape index (κ1) is 33.5. The van der Waals surface area contributed by atoms with Crippen LogP contribution in [0.15, 0.2) is 84.5 Å². The van der Waals surface area contributed by atoms with E-state index in [4.69, 9.17) is 4.74 Å². The Morgan fingerprint density at radius 2 is 1.23 bits per heavy atom. The van der Waals surface area contributed by atoms with Crippen molar-refractivity contribution in [1.29, 1.82) is 0 Å². The molecule has 3 nitrogen and oxygen atoms in total. The third-order valence-corrected chi connectivity index (χ3v) is 20.2. The van der Waals surface area contributed by atoms with Gasteiger partial charge in [-0.25, -0.2) is 0 Å². The number of hydrogen-bond acceptors (Lipinski definition) is 3. The summed E-state index contributed by atoms with van der Waals surface area (Å²) in [6, 6.07) is 22.9. The van der Waals surface area contributed by atoms with E-state index in [1.165, 1.54) is 44.8 Å². The van der Waals surface area contributed by atoms with Crippen LogP contribution in [0, 0.1) is 6.92 Å². The molecule has 0 saturated carbocycles. The summed E-state index contributed by atoms with van der Waals surface area (Å²) >= 11 is -2.75. The number of benzene rings is 3. The first-order valence-electron chi connectivity index (χ1n) is 15.7. The third-order valence-electron chi connectivity index (χ3n) is 9.64. The molecular weight excluding hydrogens is 601 g/mol. The zero-order valence-corrected chi connectivity index (χ0v) is 31.6. The second-order valence-corrected chi connectivity index (χ2v) is 22.4. The van der Waals surface area contributed by atoms with E-state index < -0.39 is 27.4 Å². The minimum absolute atomic E-state index is 0.0232. The summed E-state index contributed by atoms with van der Waals surface area (Å²) in [4.78, 5) is 4.57. The molecule has 0 amide bonds. The molecule has 1 aliphatic carbocycles. The summed E-state index contributed by atoms with van der Waals surface area (Å²) < 4.78 is 8.64. The zero-order valence-electron chi connectivity index (χ0n) is 28.8. The Hall–Kier alpha value is -2.36. The first-order chi connectivity index (χ1) is 20.1. The summed E-state index contributed by atoms with van der Waals surface area (Å²) in [6.07, 6.45) is 7.66. The van der Waals surface area contributed by atoms with Crippen LogP contribution in [-0.4, -0.2) is 35.3 Å². The van der Waals surface area contributed by atoms with Crippen molar-refractivity contribution in [3.05, 3.63) is 112 Å². The van der Waals surface area contributed by atoms with Crippen LogP contribution >= 0.6 is 0 Å². The molecule has 0 radical (unpaired) electrons. The second-order valence-electron chi connectivity index (χ2n) is 14.6. The average Bonchev–Trinajstić information content (AvgIpc) is 3.35. The predicted octanol–water partition coefficient (Wildman–Crippen LogP) is 9.40. The fourth-order valence-electron chi connectivity index (χ4n) is 7.32. The molecule has 0 fully saturated rings. The molecule has 4 rings (SSSR count). The van der Waals surface area contributed by atoms with Gasteiger partial charge in [-0.3, -0.25) is 0 Å². The quantitative estimate of drug-likeness (QED) is 0.217. The topological polar surface area (TPSA) is 15.7 Å². The molecule has 0 aromatic heterocycles. The average molecular weight is 655 g/mol. The van der Waals surface area contributed by atoms with E-state index in [-0.39, 0.29) is 13.1 Å². The van der Waals surface area contributed by atoms with Gasteiger partial charge >= 0.3 is 275 Å². The van der Waals surface area contributed by atoms with E-state index in [0.29, 0.717) is 0 Å². The van der Waals surface area contributed by atoms with Crippen LogP contribution in [0.2, 0.25) is 2.23 Å². The van der Waals surface area contributed by atoms with Crippen LogP contribution in [0.4, 0.5) is 11.4 Å². The van der Waals surface area contributed by atoms with Crippen molar-refractivity contribution in [2.45, 2.75) is 68.0 Å². The number of nitrogens with zero attached hydrogens (tertiary/aromatic N) is 2. The van der Waals surface area contributed by atoms with Gasteiger partial charge in [-0.05, 0) is 0 Å². The number of para-hydroxylation sites is 2. The molecule has 3 aromatic carbocycles. The SMILES string of the molecule is COc1c(C(C)(C)C)cc(C)cc1C(C)(C)[C]1([Y]([CH2]c2ccccc2N(C)C)[CH2]c2ccccc2N(C)C)C=CC(C)=C1. The van der Waals surface area contributed by atoms with Crippen molar-refractivity contribution in [2.24, 2.45) is 0 Å². The fourth-order valence-corrected chi connectivity index (χ4v) is 18.7. The van der Waals surface area contributed by atoms with Crippen LogP contribution in [0.3, 0.4) is 0 Å². The van der Waals surface area contributed by atoms with Gasteiger partial charge in [-0.2, -0.15) is 0 Å². The van der Waals surface area contributed by atoms with Crippen molar-refractivity contribution >= 4 is 11.4 Å².